The van der Waals surface area contributed by atoms with Gasteiger partial charge in [0.05, 0.1) is 19.8 Å². The van der Waals surface area contributed by atoms with Crippen LogP contribution in [0.5, 0.6) is 5.75 Å². The van der Waals surface area contributed by atoms with Crippen molar-refractivity contribution in [3.63, 3.8) is 0 Å². The zero-order valence-electron chi connectivity index (χ0n) is 14.2. The van der Waals surface area contributed by atoms with Crippen LogP contribution in [0.15, 0.2) is 42.5 Å². The van der Waals surface area contributed by atoms with Crippen LogP contribution in [-0.2, 0) is 13.0 Å². The largest absolute Gasteiger partial charge is 0.497 e. The zero-order chi connectivity index (χ0) is 17.5. The van der Waals surface area contributed by atoms with Crippen molar-refractivity contribution >= 4 is 5.69 Å². The van der Waals surface area contributed by atoms with E-state index in [1.165, 1.54) is 5.56 Å². The molecule has 0 fully saturated rings. The molecule has 0 amide bonds. The lowest BCUT2D eigenvalue weighted by atomic mass is 10.0. The topological polar surface area (TPSA) is 87.7 Å². The number of hydrogen-bond donors (Lipinski definition) is 4. The highest BCUT2D eigenvalue weighted by molar-refractivity contribution is 5.45. The third kappa shape index (κ3) is 5.23. The van der Waals surface area contributed by atoms with Gasteiger partial charge in [-0.2, -0.15) is 0 Å². The zero-order valence-corrected chi connectivity index (χ0v) is 14.2. The Bertz CT molecular complexity index is 644. The lowest BCUT2D eigenvalue weighted by Gasteiger charge is -2.18. The maximum absolute atomic E-state index is 10.3. The normalized spacial score (nSPS) is 13.5. The second-order valence-corrected chi connectivity index (χ2v) is 6.04. The molecule has 2 aromatic carbocycles. The Hall–Kier alpha value is -2.08. The van der Waals surface area contributed by atoms with Gasteiger partial charge in [-0.3, -0.25) is 0 Å². The molecule has 5 N–H and O–H groups in total. The van der Waals surface area contributed by atoms with E-state index >= 15 is 0 Å². The van der Waals surface area contributed by atoms with Crippen molar-refractivity contribution in [3.05, 3.63) is 59.2 Å². The van der Waals surface area contributed by atoms with Crippen molar-refractivity contribution in [1.29, 1.82) is 0 Å². The molecule has 2 aromatic rings. The highest BCUT2D eigenvalue weighted by atomic mass is 16.5. The molecule has 0 bridgehead atoms. The highest BCUT2D eigenvalue weighted by Gasteiger charge is 2.11. The first-order valence-corrected chi connectivity index (χ1v) is 8.06. The van der Waals surface area contributed by atoms with E-state index in [1.54, 1.807) is 25.3 Å². The minimum atomic E-state index is -0.669. The molecule has 0 saturated heterocycles. The van der Waals surface area contributed by atoms with E-state index in [1.807, 2.05) is 24.3 Å². The van der Waals surface area contributed by atoms with Gasteiger partial charge in [0.1, 0.15) is 5.75 Å². The van der Waals surface area contributed by atoms with Crippen LogP contribution in [0.3, 0.4) is 0 Å². The first-order valence-electron chi connectivity index (χ1n) is 8.06. The van der Waals surface area contributed by atoms with Crippen LogP contribution >= 0.6 is 0 Å². The lowest BCUT2D eigenvalue weighted by Crippen LogP contribution is -2.32. The number of aliphatic hydroxyl groups is 2. The maximum atomic E-state index is 10.3. The van der Waals surface area contributed by atoms with Crippen molar-refractivity contribution in [2.75, 3.05) is 19.4 Å². The molecule has 0 aliphatic rings. The van der Waals surface area contributed by atoms with E-state index in [2.05, 4.69) is 12.2 Å². The first-order chi connectivity index (χ1) is 11.5. The van der Waals surface area contributed by atoms with E-state index in [0.717, 1.165) is 12.2 Å². The summed E-state index contributed by atoms with van der Waals surface area (Å²) in [5.74, 6) is 0.844. The summed E-state index contributed by atoms with van der Waals surface area (Å²) in [5.41, 5.74) is 8.97. The fourth-order valence-electron chi connectivity index (χ4n) is 2.65. The summed E-state index contributed by atoms with van der Waals surface area (Å²) in [6.07, 6.45) is 0.187. The molecule has 5 heteroatoms. The van der Waals surface area contributed by atoms with Crippen LogP contribution in [0.4, 0.5) is 5.69 Å². The monoisotopic (exact) mass is 330 g/mol. The summed E-state index contributed by atoms with van der Waals surface area (Å²) in [6.45, 7) is 2.41. The number of hydrogen-bond acceptors (Lipinski definition) is 5. The molecule has 0 saturated carbocycles. The van der Waals surface area contributed by atoms with Gasteiger partial charge in [-0.25, -0.2) is 0 Å². The number of benzene rings is 2. The number of nitrogen functional groups attached to an aromatic ring is 1. The number of ether oxygens (including phenoxy) is 1. The standard InChI is InChI=1S/C19H26N2O3/c1-13(7-14-3-5-18(24-2)6-4-14)21-11-19(23)16-8-15(12-22)9-17(20)10-16/h3-6,8-10,13,19,21-23H,7,11-12,20H2,1-2H3. The number of methoxy groups -OCH3 is 1. The molecule has 2 atom stereocenters. The van der Waals surface area contributed by atoms with E-state index in [0.29, 0.717) is 23.4 Å². The average Bonchev–Trinajstić information content (AvgIpc) is 2.59. The summed E-state index contributed by atoms with van der Waals surface area (Å²) in [6, 6.07) is 13.4. The van der Waals surface area contributed by atoms with Crippen LogP contribution in [0, 0.1) is 0 Å². The molecule has 0 aromatic heterocycles. The quantitative estimate of drug-likeness (QED) is 0.556. The SMILES string of the molecule is COc1ccc(CC(C)NCC(O)c2cc(N)cc(CO)c2)cc1. The Labute approximate surface area is 143 Å². The summed E-state index contributed by atoms with van der Waals surface area (Å²) in [7, 11) is 1.65. The first kappa shape index (κ1) is 18.3. The van der Waals surface area contributed by atoms with Gasteiger partial charge in [0.25, 0.3) is 0 Å². The average molecular weight is 330 g/mol. The molecule has 2 unspecified atom stereocenters. The Morgan fingerprint density at radius 2 is 1.83 bits per heavy atom. The van der Waals surface area contributed by atoms with Crippen molar-refractivity contribution in [3.8, 4) is 5.75 Å². The minimum Gasteiger partial charge on any atom is -0.497 e. The highest BCUT2D eigenvalue weighted by Crippen LogP contribution is 2.19. The fourth-order valence-corrected chi connectivity index (χ4v) is 2.65. The van der Waals surface area contributed by atoms with Crippen LogP contribution in [-0.4, -0.2) is 29.9 Å². The second kappa shape index (κ2) is 8.68. The number of anilines is 1. The molecule has 24 heavy (non-hydrogen) atoms. The van der Waals surface area contributed by atoms with Gasteiger partial charge in [-0.1, -0.05) is 18.2 Å². The predicted octanol–water partition coefficient (Wildman–Crippen LogP) is 2.02. The molecule has 5 nitrogen and oxygen atoms in total. The summed E-state index contributed by atoms with van der Waals surface area (Å²) >= 11 is 0. The van der Waals surface area contributed by atoms with Gasteiger partial charge in [-0.05, 0) is 54.3 Å². The summed E-state index contributed by atoms with van der Waals surface area (Å²) in [4.78, 5) is 0. The third-order valence-corrected chi connectivity index (χ3v) is 3.97. The molecule has 0 aliphatic carbocycles. The minimum absolute atomic E-state index is 0.0912. The van der Waals surface area contributed by atoms with Crippen molar-refractivity contribution < 1.29 is 14.9 Å². The van der Waals surface area contributed by atoms with Gasteiger partial charge < -0.3 is 26.0 Å². The van der Waals surface area contributed by atoms with Crippen LogP contribution in [0.25, 0.3) is 0 Å². The molecule has 130 valence electrons. The molecule has 0 aliphatic heterocycles. The van der Waals surface area contributed by atoms with E-state index < -0.39 is 6.10 Å². The van der Waals surface area contributed by atoms with Crippen molar-refractivity contribution in [1.82, 2.24) is 5.32 Å². The lowest BCUT2D eigenvalue weighted by molar-refractivity contribution is 0.170. The molecule has 2 rings (SSSR count). The van der Waals surface area contributed by atoms with Gasteiger partial charge in [0.15, 0.2) is 0 Å². The van der Waals surface area contributed by atoms with Gasteiger partial charge in [0, 0.05) is 18.3 Å². The molecular weight excluding hydrogens is 304 g/mol. The van der Waals surface area contributed by atoms with E-state index in [9.17, 15) is 10.2 Å². The molecule has 0 radical (unpaired) electrons. The van der Waals surface area contributed by atoms with Crippen molar-refractivity contribution in [2.24, 2.45) is 0 Å². The number of nitrogens with two attached hydrogens (primary N) is 1. The molecule has 0 heterocycles. The Morgan fingerprint density at radius 3 is 2.46 bits per heavy atom. The van der Waals surface area contributed by atoms with Crippen LogP contribution < -0.4 is 15.8 Å². The molecular formula is C19H26N2O3. The summed E-state index contributed by atoms with van der Waals surface area (Å²) in [5, 5.41) is 22.9. The number of nitrogens with one attached hydrogen (secondary N) is 1. The maximum Gasteiger partial charge on any atom is 0.118 e. The van der Waals surface area contributed by atoms with Gasteiger partial charge in [-0.15, -0.1) is 0 Å². The smallest absolute Gasteiger partial charge is 0.118 e. The Balaban J connectivity index is 1.88. The number of rotatable bonds is 8. The number of aliphatic hydroxyl groups excluding tert-OH is 2. The van der Waals surface area contributed by atoms with E-state index in [-0.39, 0.29) is 12.6 Å². The van der Waals surface area contributed by atoms with Crippen LogP contribution in [0.2, 0.25) is 0 Å². The van der Waals surface area contributed by atoms with Crippen LogP contribution in [0.1, 0.15) is 29.7 Å². The van der Waals surface area contributed by atoms with Gasteiger partial charge in [0.2, 0.25) is 0 Å². The van der Waals surface area contributed by atoms with E-state index in [4.69, 9.17) is 10.5 Å². The van der Waals surface area contributed by atoms with Crippen molar-refractivity contribution in [2.45, 2.75) is 32.1 Å². The Kier molecular flexibility index (Phi) is 6.61. The summed E-state index contributed by atoms with van der Waals surface area (Å²) < 4.78 is 5.15. The Morgan fingerprint density at radius 1 is 1.12 bits per heavy atom. The molecule has 0 spiro atoms. The fraction of sp³-hybridized carbons (Fsp3) is 0.368. The second-order valence-electron chi connectivity index (χ2n) is 6.04. The predicted molar refractivity (Wildman–Crippen MR) is 95.9 cm³/mol. The van der Waals surface area contributed by atoms with Gasteiger partial charge >= 0.3 is 0 Å². The third-order valence-electron chi connectivity index (χ3n) is 3.97.